The maximum atomic E-state index is 12.4. The van der Waals surface area contributed by atoms with Crippen molar-refractivity contribution in [2.75, 3.05) is 13.1 Å². The predicted molar refractivity (Wildman–Crippen MR) is 78.7 cm³/mol. The highest BCUT2D eigenvalue weighted by Crippen LogP contribution is 2.39. The molecule has 0 saturated carbocycles. The summed E-state index contributed by atoms with van der Waals surface area (Å²) in [4.78, 5) is 17.1. The van der Waals surface area contributed by atoms with Crippen LogP contribution in [0.25, 0.3) is 0 Å². The van der Waals surface area contributed by atoms with E-state index in [0.29, 0.717) is 18.1 Å². The lowest BCUT2D eigenvalue weighted by atomic mass is 9.96. The van der Waals surface area contributed by atoms with Crippen LogP contribution in [0, 0.1) is 0 Å². The first-order valence-electron chi connectivity index (χ1n) is 8.19. The monoisotopic (exact) mass is 280 g/mol. The molecule has 0 N–H and O–H groups in total. The van der Waals surface area contributed by atoms with Gasteiger partial charge in [0.05, 0.1) is 0 Å². The largest absolute Gasteiger partial charge is 0.444 e. The number of carbonyl (C=O) groups excluding carboxylic acids is 1. The average Bonchev–Trinajstić information content (AvgIpc) is 2.94. The molecule has 4 nitrogen and oxygen atoms in total. The van der Waals surface area contributed by atoms with Gasteiger partial charge in [0.25, 0.3) is 0 Å². The van der Waals surface area contributed by atoms with Crippen molar-refractivity contribution in [2.45, 2.75) is 83.0 Å². The number of likely N-dealkylation sites (tertiary alicyclic amines) is 1. The highest BCUT2D eigenvalue weighted by Gasteiger charge is 2.46. The summed E-state index contributed by atoms with van der Waals surface area (Å²) in [5.74, 6) is 0. The second-order valence-corrected chi connectivity index (χ2v) is 7.64. The summed E-state index contributed by atoms with van der Waals surface area (Å²) < 4.78 is 5.59. The van der Waals surface area contributed by atoms with Gasteiger partial charge in [-0.3, -0.25) is 0 Å². The molecule has 3 aliphatic heterocycles. The summed E-state index contributed by atoms with van der Waals surface area (Å²) in [6, 6.07) is 1.53. The van der Waals surface area contributed by atoms with E-state index in [4.69, 9.17) is 4.74 Å². The summed E-state index contributed by atoms with van der Waals surface area (Å²) in [6.07, 6.45) is 7.22. The molecule has 3 fully saturated rings. The van der Waals surface area contributed by atoms with E-state index in [1.165, 1.54) is 25.9 Å². The standard InChI is InChI=1S/C16H28N2O2/c1-16(2,3)20-15(19)18-12-6-7-13(18)11-14(10-12)17-8-4-5-9-17/h12-14H,4-11H2,1-3H3/t12-,13+,14+. The van der Waals surface area contributed by atoms with Gasteiger partial charge in [0.15, 0.2) is 0 Å². The summed E-state index contributed by atoms with van der Waals surface area (Å²) in [5, 5.41) is 0. The predicted octanol–water partition coefficient (Wildman–Crippen LogP) is 3.01. The molecule has 4 heteroatoms. The van der Waals surface area contributed by atoms with Crippen LogP contribution < -0.4 is 0 Å². The number of rotatable bonds is 1. The Morgan fingerprint density at radius 1 is 1.00 bits per heavy atom. The van der Waals surface area contributed by atoms with Crippen LogP contribution >= 0.6 is 0 Å². The number of hydrogen-bond donors (Lipinski definition) is 0. The SMILES string of the molecule is CC(C)(C)OC(=O)N1[C@@H]2CC[C@H]1C[C@@H](N1CCCC1)C2. The van der Waals surface area contributed by atoms with Crippen LogP contribution in [-0.4, -0.2) is 52.7 Å². The third kappa shape index (κ3) is 2.80. The fourth-order valence-electron chi connectivity index (χ4n) is 4.17. The van der Waals surface area contributed by atoms with Crippen LogP contribution in [0.3, 0.4) is 0 Å². The Kier molecular flexibility index (Phi) is 3.69. The first-order valence-corrected chi connectivity index (χ1v) is 8.19. The third-order valence-electron chi connectivity index (χ3n) is 4.97. The number of carbonyl (C=O) groups is 1. The Morgan fingerprint density at radius 2 is 1.55 bits per heavy atom. The Morgan fingerprint density at radius 3 is 2.05 bits per heavy atom. The normalized spacial score (nSPS) is 34.5. The van der Waals surface area contributed by atoms with Gasteiger partial charge in [0.1, 0.15) is 5.60 Å². The number of nitrogens with zero attached hydrogens (tertiary/aromatic N) is 2. The minimum atomic E-state index is -0.387. The van der Waals surface area contributed by atoms with Gasteiger partial charge in [-0.1, -0.05) is 0 Å². The second kappa shape index (κ2) is 5.21. The van der Waals surface area contributed by atoms with Gasteiger partial charge < -0.3 is 14.5 Å². The van der Waals surface area contributed by atoms with Crippen LogP contribution in [0.4, 0.5) is 4.79 Å². The Labute approximate surface area is 122 Å². The first-order chi connectivity index (χ1) is 9.44. The van der Waals surface area contributed by atoms with Gasteiger partial charge in [-0.2, -0.15) is 0 Å². The molecule has 3 aliphatic rings. The second-order valence-electron chi connectivity index (χ2n) is 7.64. The quantitative estimate of drug-likeness (QED) is 0.740. The van der Waals surface area contributed by atoms with Crippen molar-refractivity contribution in [3.05, 3.63) is 0 Å². The van der Waals surface area contributed by atoms with Crippen molar-refractivity contribution in [3.8, 4) is 0 Å². The molecule has 0 aromatic carbocycles. The summed E-state index contributed by atoms with van der Waals surface area (Å²) in [5.41, 5.74) is -0.387. The van der Waals surface area contributed by atoms with E-state index in [0.717, 1.165) is 25.7 Å². The van der Waals surface area contributed by atoms with Gasteiger partial charge in [-0.25, -0.2) is 4.79 Å². The van der Waals surface area contributed by atoms with E-state index in [2.05, 4.69) is 9.80 Å². The average molecular weight is 280 g/mol. The molecule has 3 saturated heterocycles. The molecule has 0 unspecified atom stereocenters. The molecule has 3 rings (SSSR count). The molecule has 0 aromatic rings. The van der Waals surface area contributed by atoms with E-state index in [9.17, 15) is 4.79 Å². The maximum Gasteiger partial charge on any atom is 0.410 e. The number of ether oxygens (including phenoxy) is 1. The van der Waals surface area contributed by atoms with Crippen LogP contribution in [0.5, 0.6) is 0 Å². The highest BCUT2D eigenvalue weighted by molar-refractivity contribution is 5.69. The molecule has 0 spiro atoms. The molecular formula is C16H28N2O2. The Bertz CT molecular complexity index is 357. The molecule has 0 radical (unpaired) electrons. The van der Waals surface area contributed by atoms with Gasteiger partial charge in [0, 0.05) is 18.1 Å². The highest BCUT2D eigenvalue weighted by atomic mass is 16.6. The molecular weight excluding hydrogens is 252 g/mol. The molecule has 0 aromatic heterocycles. The van der Waals surface area contributed by atoms with E-state index >= 15 is 0 Å². The molecule has 20 heavy (non-hydrogen) atoms. The molecule has 3 atom stereocenters. The Balaban J connectivity index is 1.64. The molecule has 0 aliphatic carbocycles. The summed E-state index contributed by atoms with van der Waals surface area (Å²) in [7, 11) is 0. The topological polar surface area (TPSA) is 32.8 Å². The van der Waals surface area contributed by atoms with Crippen LogP contribution in [0.15, 0.2) is 0 Å². The molecule has 114 valence electrons. The van der Waals surface area contributed by atoms with Gasteiger partial charge in [-0.15, -0.1) is 0 Å². The fourth-order valence-corrected chi connectivity index (χ4v) is 4.17. The minimum Gasteiger partial charge on any atom is -0.444 e. The lowest BCUT2D eigenvalue weighted by Gasteiger charge is -2.42. The summed E-state index contributed by atoms with van der Waals surface area (Å²) >= 11 is 0. The van der Waals surface area contributed by atoms with Crippen molar-refractivity contribution in [1.82, 2.24) is 9.80 Å². The zero-order valence-corrected chi connectivity index (χ0v) is 13.1. The third-order valence-corrected chi connectivity index (χ3v) is 4.97. The van der Waals surface area contributed by atoms with Crippen molar-refractivity contribution in [2.24, 2.45) is 0 Å². The van der Waals surface area contributed by atoms with Crippen molar-refractivity contribution in [3.63, 3.8) is 0 Å². The molecule has 2 bridgehead atoms. The van der Waals surface area contributed by atoms with E-state index in [1.54, 1.807) is 0 Å². The zero-order valence-electron chi connectivity index (χ0n) is 13.1. The van der Waals surface area contributed by atoms with Crippen molar-refractivity contribution >= 4 is 6.09 Å². The van der Waals surface area contributed by atoms with Gasteiger partial charge in [0.2, 0.25) is 0 Å². The first kappa shape index (κ1) is 14.2. The number of fused-ring (bicyclic) bond motifs is 2. The smallest absolute Gasteiger partial charge is 0.410 e. The van der Waals surface area contributed by atoms with E-state index in [1.807, 2.05) is 20.8 Å². The molecule has 1 amide bonds. The minimum absolute atomic E-state index is 0.0927. The lowest BCUT2D eigenvalue weighted by molar-refractivity contribution is -0.00233. The number of amides is 1. The zero-order chi connectivity index (χ0) is 14.3. The fraction of sp³-hybridized carbons (Fsp3) is 0.938. The molecule has 3 heterocycles. The van der Waals surface area contributed by atoms with E-state index in [-0.39, 0.29) is 11.7 Å². The number of piperidine rings is 1. The van der Waals surface area contributed by atoms with E-state index < -0.39 is 0 Å². The Hall–Kier alpha value is -0.770. The van der Waals surface area contributed by atoms with Crippen LogP contribution in [-0.2, 0) is 4.74 Å². The summed E-state index contributed by atoms with van der Waals surface area (Å²) in [6.45, 7) is 8.37. The maximum absolute atomic E-state index is 12.4. The van der Waals surface area contributed by atoms with Crippen molar-refractivity contribution in [1.29, 1.82) is 0 Å². The van der Waals surface area contributed by atoms with Gasteiger partial charge >= 0.3 is 6.09 Å². The van der Waals surface area contributed by atoms with Crippen molar-refractivity contribution < 1.29 is 9.53 Å². The van der Waals surface area contributed by atoms with Gasteiger partial charge in [-0.05, 0) is 72.4 Å². The van der Waals surface area contributed by atoms with Crippen LogP contribution in [0.2, 0.25) is 0 Å². The number of hydrogen-bond acceptors (Lipinski definition) is 3. The van der Waals surface area contributed by atoms with Crippen LogP contribution in [0.1, 0.15) is 59.3 Å². The lowest BCUT2D eigenvalue weighted by Crippen LogP contribution is -2.53.